The fourth-order valence-electron chi connectivity index (χ4n) is 4.41. The molecule has 1 saturated heterocycles. The van der Waals surface area contributed by atoms with E-state index in [0.29, 0.717) is 37.6 Å². The summed E-state index contributed by atoms with van der Waals surface area (Å²) in [5, 5.41) is 3.69. The number of carbonyl (C=O) groups is 2. The molecule has 2 N–H and O–H groups in total. The van der Waals surface area contributed by atoms with Crippen LogP contribution in [0.2, 0.25) is 0 Å². The summed E-state index contributed by atoms with van der Waals surface area (Å²) in [7, 11) is 0. The number of aryl methyl sites for hydroxylation is 1. The van der Waals surface area contributed by atoms with Crippen LogP contribution in [-0.4, -0.2) is 43.0 Å². The zero-order valence-electron chi connectivity index (χ0n) is 18.0. The van der Waals surface area contributed by atoms with Gasteiger partial charge in [-0.25, -0.2) is 0 Å². The number of ketones is 1. The predicted molar refractivity (Wildman–Crippen MR) is 120 cm³/mol. The Morgan fingerprint density at radius 3 is 2.52 bits per heavy atom. The van der Waals surface area contributed by atoms with Gasteiger partial charge in [-0.1, -0.05) is 30.3 Å². The molecule has 1 amide bonds. The standard InChI is InChI=1S/C25H28N2O4/c1-3-31-19-10-8-18(9-11-19)25(12-14-30-15-13-25)16-26-24(29)23(28)22-17(2)27-21-7-5-4-6-20(21)22/h4-11,27H,3,12-16H2,1-2H3,(H,26,29). The molecule has 0 bridgehead atoms. The Bertz CT molecular complexity index is 1080. The van der Waals surface area contributed by atoms with Crippen molar-refractivity contribution in [3.63, 3.8) is 0 Å². The third-order valence-electron chi connectivity index (χ3n) is 6.14. The van der Waals surface area contributed by atoms with Crippen LogP contribution < -0.4 is 10.1 Å². The number of fused-ring (bicyclic) bond motifs is 1. The van der Waals surface area contributed by atoms with Crippen molar-refractivity contribution in [2.75, 3.05) is 26.4 Å². The van der Waals surface area contributed by atoms with E-state index in [1.165, 1.54) is 0 Å². The first kappa shape index (κ1) is 21.1. The summed E-state index contributed by atoms with van der Waals surface area (Å²) >= 11 is 0. The number of benzene rings is 2. The minimum Gasteiger partial charge on any atom is -0.494 e. The van der Waals surface area contributed by atoms with Crippen molar-refractivity contribution in [1.29, 1.82) is 0 Å². The zero-order chi connectivity index (χ0) is 21.8. The van der Waals surface area contributed by atoms with Gasteiger partial charge < -0.3 is 19.8 Å². The van der Waals surface area contributed by atoms with Gasteiger partial charge >= 0.3 is 0 Å². The normalized spacial score (nSPS) is 15.5. The van der Waals surface area contributed by atoms with E-state index >= 15 is 0 Å². The number of carbonyl (C=O) groups excluding carboxylic acids is 2. The van der Waals surface area contributed by atoms with Crippen LogP contribution in [0.1, 0.15) is 41.4 Å². The van der Waals surface area contributed by atoms with E-state index in [4.69, 9.17) is 9.47 Å². The maximum atomic E-state index is 13.0. The summed E-state index contributed by atoms with van der Waals surface area (Å²) in [6, 6.07) is 15.5. The van der Waals surface area contributed by atoms with Gasteiger partial charge in [-0.15, -0.1) is 0 Å². The van der Waals surface area contributed by atoms with Crippen molar-refractivity contribution in [1.82, 2.24) is 10.3 Å². The smallest absolute Gasteiger partial charge is 0.292 e. The molecular weight excluding hydrogens is 392 g/mol. The van der Waals surface area contributed by atoms with Crippen LogP contribution in [0.4, 0.5) is 0 Å². The summed E-state index contributed by atoms with van der Waals surface area (Å²) in [5.41, 5.74) is 2.85. The van der Waals surface area contributed by atoms with Crippen LogP contribution in [0.15, 0.2) is 48.5 Å². The number of amides is 1. The SMILES string of the molecule is CCOc1ccc(C2(CNC(=O)C(=O)c3c(C)[nH]c4ccccc34)CCOCC2)cc1. The Labute approximate surface area is 181 Å². The summed E-state index contributed by atoms with van der Waals surface area (Å²) < 4.78 is 11.1. The lowest BCUT2D eigenvalue weighted by Crippen LogP contribution is -2.46. The van der Waals surface area contributed by atoms with E-state index in [1.807, 2.05) is 62.4 Å². The second-order valence-corrected chi connectivity index (χ2v) is 8.03. The second kappa shape index (κ2) is 8.94. The molecule has 6 heteroatoms. The van der Waals surface area contributed by atoms with Crippen molar-refractivity contribution in [3.8, 4) is 5.75 Å². The molecular formula is C25H28N2O4. The molecule has 31 heavy (non-hydrogen) atoms. The molecule has 162 valence electrons. The highest BCUT2D eigenvalue weighted by Crippen LogP contribution is 2.35. The van der Waals surface area contributed by atoms with E-state index < -0.39 is 11.7 Å². The van der Waals surface area contributed by atoms with Gasteiger partial charge in [-0.3, -0.25) is 9.59 Å². The van der Waals surface area contributed by atoms with E-state index in [0.717, 1.165) is 35.1 Å². The number of hydrogen-bond donors (Lipinski definition) is 2. The minimum atomic E-state index is -0.579. The third-order valence-corrected chi connectivity index (χ3v) is 6.14. The highest BCUT2D eigenvalue weighted by atomic mass is 16.5. The van der Waals surface area contributed by atoms with Gasteiger partial charge in [0, 0.05) is 41.8 Å². The van der Waals surface area contributed by atoms with Crippen molar-refractivity contribution >= 4 is 22.6 Å². The van der Waals surface area contributed by atoms with Gasteiger partial charge in [-0.05, 0) is 50.5 Å². The molecule has 1 aliphatic rings. The number of hydrogen-bond acceptors (Lipinski definition) is 4. The van der Waals surface area contributed by atoms with Crippen molar-refractivity contribution in [2.24, 2.45) is 0 Å². The summed E-state index contributed by atoms with van der Waals surface area (Å²) in [6.07, 6.45) is 1.56. The first-order valence-electron chi connectivity index (χ1n) is 10.7. The Kier molecular flexibility index (Phi) is 6.09. The number of aromatic nitrogens is 1. The quantitative estimate of drug-likeness (QED) is 0.448. The summed E-state index contributed by atoms with van der Waals surface area (Å²) in [6.45, 7) is 6.02. The summed E-state index contributed by atoms with van der Waals surface area (Å²) in [4.78, 5) is 29.1. The number of aromatic amines is 1. The first-order chi connectivity index (χ1) is 15.0. The molecule has 2 heterocycles. The fraction of sp³-hybridized carbons (Fsp3) is 0.360. The molecule has 1 aromatic heterocycles. The van der Waals surface area contributed by atoms with Crippen molar-refractivity contribution < 1.29 is 19.1 Å². The molecule has 0 radical (unpaired) electrons. The Morgan fingerprint density at radius 1 is 1.10 bits per heavy atom. The molecule has 3 aromatic rings. The number of nitrogens with one attached hydrogen (secondary N) is 2. The van der Waals surface area contributed by atoms with Gasteiger partial charge in [0.2, 0.25) is 0 Å². The third kappa shape index (κ3) is 4.21. The highest BCUT2D eigenvalue weighted by molar-refractivity contribution is 6.45. The molecule has 0 spiro atoms. The molecule has 1 fully saturated rings. The lowest BCUT2D eigenvalue weighted by molar-refractivity contribution is -0.117. The van der Waals surface area contributed by atoms with Gasteiger partial charge in [0.25, 0.3) is 11.7 Å². The summed E-state index contributed by atoms with van der Waals surface area (Å²) in [5.74, 6) is -0.268. The van der Waals surface area contributed by atoms with E-state index in [1.54, 1.807) is 0 Å². The monoisotopic (exact) mass is 420 g/mol. The molecule has 0 unspecified atom stereocenters. The molecule has 2 aromatic carbocycles. The van der Waals surface area contributed by atoms with Crippen LogP contribution in [0.25, 0.3) is 10.9 Å². The zero-order valence-corrected chi connectivity index (χ0v) is 18.0. The van der Waals surface area contributed by atoms with E-state index in [-0.39, 0.29) is 5.41 Å². The molecule has 1 aliphatic heterocycles. The molecule has 6 nitrogen and oxygen atoms in total. The molecule has 0 atom stereocenters. The Hall–Kier alpha value is -3.12. The minimum absolute atomic E-state index is 0.270. The maximum absolute atomic E-state index is 13.0. The molecule has 0 saturated carbocycles. The van der Waals surface area contributed by atoms with Crippen molar-refractivity contribution in [2.45, 2.75) is 32.1 Å². The number of para-hydroxylation sites is 1. The van der Waals surface area contributed by atoms with Crippen LogP contribution in [0, 0.1) is 6.92 Å². The average Bonchev–Trinajstić information content (AvgIpc) is 3.14. The molecule has 0 aliphatic carbocycles. The number of Topliss-reactive ketones (excluding diaryl/α,β-unsaturated/α-hetero) is 1. The largest absolute Gasteiger partial charge is 0.494 e. The highest BCUT2D eigenvalue weighted by Gasteiger charge is 2.36. The van der Waals surface area contributed by atoms with Crippen LogP contribution in [-0.2, 0) is 14.9 Å². The predicted octanol–water partition coefficient (Wildman–Crippen LogP) is 3.92. The van der Waals surface area contributed by atoms with E-state index in [9.17, 15) is 9.59 Å². The number of ether oxygens (including phenoxy) is 2. The van der Waals surface area contributed by atoms with Gasteiger partial charge in [0.05, 0.1) is 12.2 Å². The first-order valence-corrected chi connectivity index (χ1v) is 10.7. The Balaban J connectivity index is 1.53. The van der Waals surface area contributed by atoms with Crippen LogP contribution in [0.5, 0.6) is 5.75 Å². The van der Waals surface area contributed by atoms with Crippen LogP contribution >= 0.6 is 0 Å². The van der Waals surface area contributed by atoms with E-state index in [2.05, 4.69) is 10.3 Å². The van der Waals surface area contributed by atoms with Crippen LogP contribution in [0.3, 0.4) is 0 Å². The second-order valence-electron chi connectivity index (χ2n) is 8.03. The fourth-order valence-corrected chi connectivity index (χ4v) is 4.41. The van der Waals surface area contributed by atoms with Crippen molar-refractivity contribution in [3.05, 3.63) is 65.4 Å². The number of H-pyrrole nitrogens is 1. The topological polar surface area (TPSA) is 80.4 Å². The average molecular weight is 421 g/mol. The molecule has 4 rings (SSSR count). The lowest BCUT2D eigenvalue weighted by Gasteiger charge is -2.38. The maximum Gasteiger partial charge on any atom is 0.292 e. The number of rotatable bonds is 7. The lowest BCUT2D eigenvalue weighted by atomic mass is 9.74. The van der Waals surface area contributed by atoms with Gasteiger partial charge in [0.1, 0.15) is 5.75 Å². The van der Waals surface area contributed by atoms with Gasteiger partial charge in [-0.2, -0.15) is 0 Å². The van der Waals surface area contributed by atoms with Gasteiger partial charge in [0.15, 0.2) is 0 Å². The Morgan fingerprint density at radius 2 is 1.81 bits per heavy atom.